The fraction of sp³-hybridized carbons (Fsp3) is 0.250. The van der Waals surface area contributed by atoms with Gasteiger partial charge in [0.25, 0.3) is 5.56 Å². The topological polar surface area (TPSA) is 96.4 Å². The van der Waals surface area contributed by atoms with Crippen molar-refractivity contribution in [3.05, 3.63) is 53.6 Å². The third-order valence-corrected chi connectivity index (χ3v) is 5.50. The van der Waals surface area contributed by atoms with E-state index < -0.39 is 10.0 Å². The van der Waals surface area contributed by atoms with E-state index >= 15 is 0 Å². The number of sulfonamides is 1. The van der Waals surface area contributed by atoms with Gasteiger partial charge in [-0.15, -0.1) is 0 Å². The number of rotatable bonds is 5. The monoisotopic (exact) mass is 414 g/mol. The fourth-order valence-corrected chi connectivity index (χ4v) is 4.18. The first kappa shape index (κ1) is 19.3. The molecule has 2 aromatic heterocycles. The first-order valence-electron chi connectivity index (χ1n) is 9.17. The molecule has 8 nitrogen and oxygen atoms in total. The second-order valence-corrected chi connectivity index (χ2v) is 8.66. The summed E-state index contributed by atoms with van der Waals surface area (Å²) in [6.07, 6.45) is 6.02. The molecular weight excluding hydrogens is 392 g/mol. The van der Waals surface area contributed by atoms with Crippen molar-refractivity contribution < 1.29 is 13.2 Å². The number of nitrogens with one attached hydrogen (secondary N) is 2. The number of benzene rings is 1. The van der Waals surface area contributed by atoms with E-state index in [2.05, 4.69) is 21.2 Å². The Labute approximate surface area is 168 Å². The van der Waals surface area contributed by atoms with Gasteiger partial charge in [-0.3, -0.25) is 14.1 Å². The largest absolute Gasteiger partial charge is 0.378 e. The lowest BCUT2D eigenvalue weighted by Crippen LogP contribution is -2.36. The summed E-state index contributed by atoms with van der Waals surface area (Å²) < 4.78 is 32.9. The Balaban J connectivity index is 1.97. The predicted molar refractivity (Wildman–Crippen MR) is 116 cm³/mol. The average molecular weight is 414 g/mol. The number of hydrogen-bond donors (Lipinski definition) is 2. The summed E-state index contributed by atoms with van der Waals surface area (Å²) in [5.74, 6) is 0. The second-order valence-electron chi connectivity index (χ2n) is 6.91. The van der Waals surface area contributed by atoms with Crippen LogP contribution >= 0.6 is 0 Å². The zero-order valence-electron chi connectivity index (χ0n) is 16.0. The quantitative estimate of drug-likeness (QED) is 0.668. The van der Waals surface area contributed by atoms with Crippen LogP contribution in [0.5, 0.6) is 0 Å². The van der Waals surface area contributed by atoms with E-state index in [0.29, 0.717) is 24.4 Å². The zero-order chi connectivity index (χ0) is 20.6. The van der Waals surface area contributed by atoms with Crippen molar-refractivity contribution in [2.24, 2.45) is 0 Å². The summed E-state index contributed by atoms with van der Waals surface area (Å²) >= 11 is 0. The molecule has 1 fully saturated rings. The molecule has 0 aliphatic carbocycles. The summed E-state index contributed by atoms with van der Waals surface area (Å²) in [6, 6.07) is 7.29. The Morgan fingerprint density at radius 2 is 1.97 bits per heavy atom. The number of fused-ring (bicyclic) bond motifs is 1. The Morgan fingerprint density at radius 3 is 2.66 bits per heavy atom. The molecule has 0 spiro atoms. The molecule has 3 heterocycles. The number of nitrogens with zero attached hydrogens (tertiary/aromatic N) is 2. The Morgan fingerprint density at radius 1 is 1.21 bits per heavy atom. The zero-order valence-corrected chi connectivity index (χ0v) is 16.8. The molecular formula is C20H22N4O4S. The maximum atomic E-state index is 12.6. The lowest BCUT2D eigenvalue weighted by Gasteiger charge is -2.31. The van der Waals surface area contributed by atoms with Crippen molar-refractivity contribution in [3.8, 4) is 11.1 Å². The van der Waals surface area contributed by atoms with Gasteiger partial charge in [0.05, 0.1) is 19.5 Å². The lowest BCUT2D eigenvalue weighted by molar-refractivity contribution is 0.123. The van der Waals surface area contributed by atoms with Crippen molar-refractivity contribution in [1.29, 1.82) is 0 Å². The van der Waals surface area contributed by atoms with E-state index in [9.17, 15) is 13.2 Å². The number of anilines is 2. The van der Waals surface area contributed by atoms with Gasteiger partial charge in [-0.25, -0.2) is 8.42 Å². The molecule has 0 atom stereocenters. The van der Waals surface area contributed by atoms with Gasteiger partial charge in [-0.05, 0) is 24.3 Å². The van der Waals surface area contributed by atoms with Crippen LogP contribution in [0.1, 0.15) is 0 Å². The van der Waals surface area contributed by atoms with Gasteiger partial charge in [0.2, 0.25) is 10.0 Å². The van der Waals surface area contributed by atoms with Crippen LogP contribution in [0, 0.1) is 0 Å². The summed E-state index contributed by atoms with van der Waals surface area (Å²) in [6.45, 7) is 6.42. The van der Waals surface area contributed by atoms with Crippen LogP contribution in [0.3, 0.4) is 0 Å². The van der Waals surface area contributed by atoms with Crippen LogP contribution in [0.25, 0.3) is 28.2 Å². The van der Waals surface area contributed by atoms with E-state index in [1.165, 1.54) is 10.8 Å². The number of hydrogen-bond acceptors (Lipinski definition) is 5. The third kappa shape index (κ3) is 3.79. The molecule has 0 saturated carbocycles. The maximum absolute atomic E-state index is 12.6. The van der Waals surface area contributed by atoms with Crippen LogP contribution in [0.15, 0.2) is 48.0 Å². The van der Waals surface area contributed by atoms with Crippen LogP contribution in [0.4, 0.5) is 11.4 Å². The van der Waals surface area contributed by atoms with Crippen molar-refractivity contribution in [1.82, 2.24) is 9.55 Å². The molecule has 29 heavy (non-hydrogen) atoms. The first-order valence-corrected chi connectivity index (χ1v) is 11.1. The molecule has 1 aliphatic rings. The highest BCUT2D eigenvalue weighted by molar-refractivity contribution is 7.92. The van der Waals surface area contributed by atoms with Crippen molar-refractivity contribution >= 4 is 38.5 Å². The van der Waals surface area contributed by atoms with Gasteiger partial charge in [0, 0.05) is 59.6 Å². The molecule has 2 N–H and O–H groups in total. The van der Waals surface area contributed by atoms with Crippen LogP contribution < -0.4 is 15.2 Å². The highest BCUT2D eigenvalue weighted by Crippen LogP contribution is 2.37. The van der Waals surface area contributed by atoms with Gasteiger partial charge >= 0.3 is 0 Å². The highest BCUT2D eigenvalue weighted by Gasteiger charge is 2.20. The smallest absolute Gasteiger partial charge is 0.278 e. The van der Waals surface area contributed by atoms with Gasteiger partial charge < -0.3 is 14.6 Å². The minimum Gasteiger partial charge on any atom is -0.378 e. The summed E-state index contributed by atoms with van der Waals surface area (Å²) in [5.41, 5.74) is 3.31. The first-order chi connectivity index (χ1) is 13.9. The Bertz CT molecular complexity index is 1240. The van der Waals surface area contributed by atoms with Crippen molar-refractivity contribution in [2.75, 3.05) is 42.2 Å². The minimum absolute atomic E-state index is 0.193. The van der Waals surface area contributed by atoms with Gasteiger partial charge in [-0.1, -0.05) is 6.58 Å². The van der Waals surface area contributed by atoms with E-state index in [1.54, 1.807) is 24.5 Å². The molecule has 0 amide bonds. The SMILES string of the molecule is C=Cn1cc(-c2cc(NS(C)(=O)=O)ccc2N2CCOCC2)c2cc[nH]c2c1=O. The maximum Gasteiger partial charge on any atom is 0.278 e. The lowest BCUT2D eigenvalue weighted by atomic mass is 10.00. The summed E-state index contributed by atoms with van der Waals surface area (Å²) in [5, 5.41) is 0.763. The number of morpholine rings is 1. The third-order valence-electron chi connectivity index (χ3n) is 4.89. The summed E-state index contributed by atoms with van der Waals surface area (Å²) in [7, 11) is -3.43. The van der Waals surface area contributed by atoms with Gasteiger partial charge in [0.1, 0.15) is 5.52 Å². The Kier molecular flexibility index (Phi) is 4.93. The number of aromatic nitrogens is 2. The van der Waals surface area contributed by atoms with Crippen molar-refractivity contribution in [2.45, 2.75) is 0 Å². The molecule has 4 rings (SSSR count). The number of H-pyrrole nitrogens is 1. The molecule has 3 aromatic rings. The minimum atomic E-state index is -3.43. The van der Waals surface area contributed by atoms with E-state index in [0.717, 1.165) is 41.5 Å². The average Bonchev–Trinajstić information content (AvgIpc) is 3.18. The van der Waals surface area contributed by atoms with E-state index in [1.807, 2.05) is 12.1 Å². The van der Waals surface area contributed by atoms with Crippen molar-refractivity contribution in [3.63, 3.8) is 0 Å². The molecule has 1 saturated heterocycles. The molecule has 1 aromatic carbocycles. The van der Waals surface area contributed by atoms with E-state index in [-0.39, 0.29) is 5.56 Å². The molecule has 0 unspecified atom stereocenters. The van der Waals surface area contributed by atoms with Gasteiger partial charge in [-0.2, -0.15) is 0 Å². The fourth-order valence-electron chi connectivity index (χ4n) is 3.63. The van der Waals surface area contributed by atoms with Crippen LogP contribution in [-0.4, -0.2) is 50.5 Å². The summed E-state index contributed by atoms with van der Waals surface area (Å²) in [4.78, 5) is 17.8. The molecule has 1 aliphatic heterocycles. The number of pyridine rings is 1. The van der Waals surface area contributed by atoms with E-state index in [4.69, 9.17) is 4.74 Å². The predicted octanol–water partition coefficient (Wildman–Crippen LogP) is 2.31. The molecule has 0 bridgehead atoms. The Hall–Kier alpha value is -3.04. The second kappa shape index (κ2) is 7.41. The van der Waals surface area contributed by atoms with Crippen LogP contribution in [0.2, 0.25) is 0 Å². The number of ether oxygens (including phenoxy) is 1. The molecule has 0 radical (unpaired) electrons. The molecule has 152 valence electrons. The normalized spacial score (nSPS) is 14.9. The number of aromatic amines is 1. The van der Waals surface area contributed by atoms with Gasteiger partial charge in [0.15, 0.2) is 0 Å². The van der Waals surface area contributed by atoms with Crippen LogP contribution in [-0.2, 0) is 14.8 Å². The standard InChI is InChI=1S/C20H22N4O4S/c1-3-23-13-17(15-6-7-21-19(15)20(23)25)16-12-14(22-29(2,26)27)4-5-18(16)24-8-10-28-11-9-24/h3-7,12-13,21-22H,1,8-11H2,2H3. The highest BCUT2D eigenvalue weighted by atomic mass is 32.2. The molecule has 9 heteroatoms.